The summed E-state index contributed by atoms with van der Waals surface area (Å²) in [6, 6.07) is 5.56. The average molecular weight is 363 g/mol. The van der Waals surface area contributed by atoms with E-state index in [1.54, 1.807) is 0 Å². The Bertz CT molecular complexity index is 527. The first-order valence-electron chi connectivity index (χ1n) is 10.0. The van der Waals surface area contributed by atoms with Gasteiger partial charge < -0.3 is 4.74 Å². The number of hydrogen-bond acceptors (Lipinski definition) is 4. The highest BCUT2D eigenvalue weighted by Gasteiger charge is 2.15. The van der Waals surface area contributed by atoms with Crippen LogP contribution in [-0.2, 0) is 4.74 Å². The lowest BCUT2D eigenvalue weighted by Crippen LogP contribution is -2.17. The van der Waals surface area contributed by atoms with Crippen molar-refractivity contribution in [2.24, 2.45) is 0 Å². The van der Waals surface area contributed by atoms with Gasteiger partial charge in [0.1, 0.15) is 6.10 Å². The minimum atomic E-state index is -0.478. The molecule has 0 aliphatic heterocycles. The van der Waals surface area contributed by atoms with Crippen molar-refractivity contribution in [3.8, 4) is 0 Å². The van der Waals surface area contributed by atoms with Gasteiger partial charge >= 0.3 is 5.97 Å². The highest BCUT2D eigenvalue weighted by atomic mass is 16.6. The molecular weight excluding hydrogens is 330 g/mol. The number of hydrogen-bond donors (Lipinski definition) is 0. The van der Waals surface area contributed by atoms with Crippen LogP contribution in [0.1, 0.15) is 94.8 Å². The molecule has 0 aliphatic rings. The van der Waals surface area contributed by atoms with Gasteiger partial charge in [-0.3, -0.25) is 10.1 Å². The molecule has 5 nitrogen and oxygen atoms in total. The molecule has 1 aromatic rings. The number of esters is 1. The standard InChI is InChI=1S/C21H33NO4/c1-3-5-6-7-8-9-10-11-12-13-20(4-2)26-21(23)18-14-16-19(17-15-18)22(24)25/h14-17,20H,3-13H2,1-2H3. The van der Waals surface area contributed by atoms with E-state index in [9.17, 15) is 14.9 Å². The van der Waals surface area contributed by atoms with Crippen molar-refractivity contribution in [2.45, 2.75) is 90.6 Å². The van der Waals surface area contributed by atoms with Gasteiger partial charge in [0.15, 0.2) is 0 Å². The Kier molecular flexibility index (Phi) is 11.3. The van der Waals surface area contributed by atoms with E-state index in [1.807, 2.05) is 6.92 Å². The van der Waals surface area contributed by atoms with Crippen LogP contribution in [-0.4, -0.2) is 17.0 Å². The summed E-state index contributed by atoms with van der Waals surface area (Å²) in [4.78, 5) is 22.3. The number of unbranched alkanes of at least 4 members (excludes halogenated alkanes) is 8. The van der Waals surface area contributed by atoms with Gasteiger partial charge in [-0.05, 0) is 31.4 Å². The number of non-ortho nitro benzene ring substituents is 1. The molecule has 0 spiro atoms. The summed E-state index contributed by atoms with van der Waals surface area (Å²) < 4.78 is 5.55. The Morgan fingerprint density at radius 3 is 2.00 bits per heavy atom. The van der Waals surface area contributed by atoms with Crippen molar-refractivity contribution in [3.63, 3.8) is 0 Å². The highest BCUT2D eigenvalue weighted by Crippen LogP contribution is 2.17. The van der Waals surface area contributed by atoms with E-state index in [0.717, 1.165) is 19.3 Å². The molecule has 0 aliphatic carbocycles. The van der Waals surface area contributed by atoms with Gasteiger partial charge in [0.05, 0.1) is 10.5 Å². The molecule has 26 heavy (non-hydrogen) atoms. The number of carbonyl (C=O) groups excluding carboxylic acids is 1. The molecule has 146 valence electrons. The third-order valence-electron chi connectivity index (χ3n) is 4.67. The van der Waals surface area contributed by atoms with E-state index in [4.69, 9.17) is 4.74 Å². The van der Waals surface area contributed by atoms with Crippen molar-refractivity contribution in [1.29, 1.82) is 0 Å². The minimum absolute atomic E-state index is 0.0247. The first kappa shape index (κ1) is 22.1. The third kappa shape index (κ3) is 8.97. The fraction of sp³-hybridized carbons (Fsp3) is 0.667. The maximum absolute atomic E-state index is 12.2. The molecule has 0 saturated heterocycles. The van der Waals surface area contributed by atoms with Crippen LogP contribution in [0.2, 0.25) is 0 Å². The van der Waals surface area contributed by atoms with E-state index < -0.39 is 10.9 Å². The number of rotatable bonds is 14. The molecule has 5 heteroatoms. The van der Waals surface area contributed by atoms with Crippen LogP contribution in [0.5, 0.6) is 0 Å². The van der Waals surface area contributed by atoms with Crippen LogP contribution in [0.3, 0.4) is 0 Å². The molecule has 0 radical (unpaired) electrons. The Morgan fingerprint density at radius 1 is 0.962 bits per heavy atom. The molecule has 0 N–H and O–H groups in total. The smallest absolute Gasteiger partial charge is 0.338 e. The predicted octanol–water partition coefficient (Wildman–Crippen LogP) is 6.45. The number of carbonyl (C=O) groups is 1. The molecular formula is C21H33NO4. The average Bonchev–Trinajstić information content (AvgIpc) is 2.65. The monoisotopic (exact) mass is 363 g/mol. The van der Waals surface area contributed by atoms with E-state index in [2.05, 4.69) is 6.92 Å². The first-order chi connectivity index (χ1) is 12.6. The Hall–Kier alpha value is -1.91. The van der Waals surface area contributed by atoms with Crippen LogP contribution < -0.4 is 0 Å². The summed E-state index contributed by atoms with van der Waals surface area (Å²) in [5.41, 5.74) is 0.337. The lowest BCUT2D eigenvalue weighted by molar-refractivity contribution is -0.384. The van der Waals surface area contributed by atoms with Gasteiger partial charge in [-0.1, -0.05) is 65.2 Å². The molecule has 1 aromatic carbocycles. The molecule has 0 heterocycles. The van der Waals surface area contributed by atoms with Crippen LogP contribution >= 0.6 is 0 Å². The van der Waals surface area contributed by atoms with Crippen LogP contribution in [0, 0.1) is 10.1 Å². The zero-order valence-electron chi connectivity index (χ0n) is 16.2. The number of ether oxygens (including phenoxy) is 1. The topological polar surface area (TPSA) is 69.4 Å². The van der Waals surface area contributed by atoms with Crippen LogP contribution in [0.15, 0.2) is 24.3 Å². The second kappa shape index (κ2) is 13.3. The molecule has 1 rings (SSSR count). The molecule has 0 amide bonds. The van der Waals surface area contributed by atoms with E-state index in [0.29, 0.717) is 5.56 Å². The van der Waals surface area contributed by atoms with E-state index in [1.165, 1.54) is 75.6 Å². The molecule has 1 atom stereocenters. The molecule has 0 aromatic heterocycles. The summed E-state index contributed by atoms with van der Waals surface area (Å²) >= 11 is 0. The lowest BCUT2D eigenvalue weighted by Gasteiger charge is -2.16. The van der Waals surface area contributed by atoms with E-state index >= 15 is 0 Å². The second-order valence-electron chi connectivity index (χ2n) is 6.86. The summed E-state index contributed by atoms with van der Waals surface area (Å²) in [5, 5.41) is 10.7. The lowest BCUT2D eigenvalue weighted by atomic mass is 10.0. The van der Waals surface area contributed by atoms with Crippen LogP contribution in [0.4, 0.5) is 5.69 Å². The maximum atomic E-state index is 12.2. The van der Waals surface area contributed by atoms with Crippen LogP contribution in [0.25, 0.3) is 0 Å². The van der Waals surface area contributed by atoms with Gasteiger partial charge in [0, 0.05) is 12.1 Å². The summed E-state index contributed by atoms with van der Waals surface area (Å²) in [5.74, 6) is -0.400. The summed E-state index contributed by atoms with van der Waals surface area (Å²) in [7, 11) is 0. The summed E-state index contributed by atoms with van der Waals surface area (Å²) in [6.45, 7) is 4.25. The quantitative estimate of drug-likeness (QED) is 0.165. The fourth-order valence-electron chi connectivity index (χ4n) is 2.97. The Balaban J connectivity index is 2.23. The zero-order chi connectivity index (χ0) is 19.2. The SMILES string of the molecule is CCCCCCCCCCCC(CC)OC(=O)c1ccc([N+](=O)[O-])cc1. The van der Waals surface area contributed by atoms with Crippen molar-refractivity contribution in [1.82, 2.24) is 0 Å². The largest absolute Gasteiger partial charge is 0.459 e. The number of benzene rings is 1. The Morgan fingerprint density at radius 2 is 1.50 bits per heavy atom. The van der Waals surface area contributed by atoms with Crippen molar-refractivity contribution in [3.05, 3.63) is 39.9 Å². The number of nitrogens with zero attached hydrogens (tertiary/aromatic N) is 1. The van der Waals surface area contributed by atoms with Gasteiger partial charge in [0.2, 0.25) is 0 Å². The molecule has 1 unspecified atom stereocenters. The molecule has 0 saturated carbocycles. The molecule has 0 bridgehead atoms. The maximum Gasteiger partial charge on any atom is 0.338 e. The number of nitro benzene ring substituents is 1. The first-order valence-corrected chi connectivity index (χ1v) is 10.0. The van der Waals surface area contributed by atoms with Gasteiger partial charge in [-0.2, -0.15) is 0 Å². The minimum Gasteiger partial charge on any atom is -0.459 e. The third-order valence-corrected chi connectivity index (χ3v) is 4.67. The predicted molar refractivity (Wildman–Crippen MR) is 104 cm³/mol. The van der Waals surface area contributed by atoms with Crippen molar-refractivity contribution in [2.75, 3.05) is 0 Å². The van der Waals surface area contributed by atoms with E-state index in [-0.39, 0.29) is 11.8 Å². The normalized spacial score (nSPS) is 11.9. The Labute approximate surface area is 157 Å². The molecule has 0 fully saturated rings. The van der Waals surface area contributed by atoms with Crippen molar-refractivity contribution < 1.29 is 14.5 Å². The second-order valence-corrected chi connectivity index (χ2v) is 6.86. The summed E-state index contributed by atoms with van der Waals surface area (Å²) in [6.07, 6.45) is 13.0. The fourth-order valence-corrected chi connectivity index (χ4v) is 2.97. The van der Waals surface area contributed by atoms with Gasteiger partial charge in [-0.25, -0.2) is 4.79 Å². The van der Waals surface area contributed by atoms with Crippen molar-refractivity contribution >= 4 is 11.7 Å². The number of nitro groups is 1. The van der Waals surface area contributed by atoms with Gasteiger partial charge in [-0.15, -0.1) is 0 Å². The highest BCUT2D eigenvalue weighted by molar-refractivity contribution is 5.89. The van der Waals surface area contributed by atoms with Gasteiger partial charge in [0.25, 0.3) is 5.69 Å². The zero-order valence-corrected chi connectivity index (χ0v) is 16.2.